The average molecular weight is 556 g/mol. The van der Waals surface area contributed by atoms with Gasteiger partial charge < -0.3 is 23.9 Å². The van der Waals surface area contributed by atoms with Gasteiger partial charge in [-0.25, -0.2) is 22.9 Å². The molecule has 1 fully saturated rings. The van der Waals surface area contributed by atoms with Crippen LogP contribution in [0.2, 0.25) is 0 Å². The van der Waals surface area contributed by atoms with Crippen molar-refractivity contribution >= 4 is 17.0 Å². The SMILES string of the molecule is COc1ccc(-c2nc3cc(F)c(F)cc3n2C(COc2ccc(C(=O)O)cc2F)C2CCCCC2)c(OC)n1. The normalized spacial score (nSPS) is 14.7. The van der Waals surface area contributed by atoms with Crippen LogP contribution in [0.15, 0.2) is 42.5 Å². The molecular formula is C29H28F3N3O5. The Labute approximate surface area is 228 Å². The van der Waals surface area contributed by atoms with Crippen LogP contribution < -0.4 is 14.2 Å². The lowest BCUT2D eigenvalue weighted by atomic mass is 9.83. The Bertz CT molecular complexity index is 1550. The first-order valence-corrected chi connectivity index (χ1v) is 12.9. The van der Waals surface area contributed by atoms with Crippen LogP contribution in [0.1, 0.15) is 48.5 Å². The Kier molecular flexibility index (Phi) is 7.81. The maximum absolute atomic E-state index is 14.8. The molecule has 8 nitrogen and oxygen atoms in total. The largest absolute Gasteiger partial charge is 0.488 e. The minimum atomic E-state index is -1.25. The highest BCUT2D eigenvalue weighted by atomic mass is 19.2. The number of hydrogen-bond donors (Lipinski definition) is 1. The molecule has 1 atom stereocenters. The first-order chi connectivity index (χ1) is 19.3. The van der Waals surface area contributed by atoms with Gasteiger partial charge in [-0.3, -0.25) is 0 Å². The van der Waals surface area contributed by atoms with Crippen LogP contribution in [0.5, 0.6) is 17.5 Å². The molecule has 0 bridgehead atoms. The van der Waals surface area contributed by atoms with Gasteiger partial charge in [0.25, 0.3) is 0 Å². The van der Waals surface area contributed by atoms with E-state index in [1.807, 2.05) is 0 Å². The molecule has 1 saturated carbocycles. The van der Waals surface area contributed by atoms with E-state index < -0.39 is 29.5 Å². The van der Waals surface area contributed by atoms with Crippen LogP contribution in [-0.4, -0.2) is 46.4 Å². The van der Waals surface area contributed by atoms with Gasteiger partial charge in [0, 0.05) is 18.2 Å². The second kappa shape index (κ2) is 11.4. The molecule has 40 heavy (non-hydrogen) atoms. The van der Waals surface area contributed by atoms with Gasteiger partial charge in [0.2, 0.25) is 11.8 Å². The topological polar surface area (TPSA) is 95.7 Å². The number of methoxy groups -OCH3 is 2. The molecule has 2 aromatic carbocycles. The van der Waals surface area contributed by atoms with Crippen molar-refractivity contribution in [2.45, 2.75) is 38.1 Å². The molecule has 2 aromatic heterocycles. The van der Waals surface area contributed by atoms with Gasteiger partial charge in [0.05, 0.1) is 42.4 Å². The first kappa shape index (κ1) is 27.3. The summed E-state index contributed by atoms with van der Waals surface area (Å²) in [6.45, 7) is -0.0304. The number of fused-ring (bicyclic) bond motifs is 1. The fourth-order valence-corrected chi connectivity index (χ4v) is 5.35. The Morgan fingerprint density at radius 1 is 0.975 bits per heavy atom. The molecule has 2 heterocycles. The summed E-state index contributed by atoms with van der Waals surface area (Å²) in [7, 11) is 2.92. The van der Waals surface area contributed by atoms with Gasteiger partial charge in [0.1, 0.15) is 12.4 Å². The van der Waals surface area contributed by atoms with E-state index >= 15 is 0 Å². The van der Waals surface area contributed by atoms with Crippen molar-refractivity contribution in [2.24, 2.45) is 5.92 Å². The number of aromatic carboxylic acids is 1. The number of carboxylic acids is 1. The highest BCUT2D eigenvalue weighted by Gasteiger charge is 2.32. The maximum atomic E-state index is 14.8. The van der Waals surface area contributed by atoms with Crippen molar-refractivity contribution in [3.63, 3.8) is 0 Å². The van der Waals surface area contributed by atoms with Crippen molar-refractivity contribution in [3.8, 4) is 28.9 Å². The lowest BCUT2D eigenvalue weighted by Crippen LogP contribution is -2.28. The number of imidazole rings is 1. The Hall–Kier alpha value is -4.28. The summed E-state index contributed by atoms with van der Waals surface area (Å²) in [5.41, 5.74) is 0.837. The lowest BCUT2D eigenvalue weighted by molar-refractivity contribution is 0.0696. The molecule has 11 heteroatoms. The monoisotopic (exact) mass is 555 g/mol. The Balaban J connectivity index is 1.66. The number of carboxylic acid groups (broad SMARTS) is 1. The summed E-state index contributed by atoms with van der Waals surface area (Å²) in [5.74, 6) is -3.32. The molecule has 1 N–H and O–H groups in total. The van der Waals surface area contributed by atoms with Crippen LogP contribution in [0.4, 0.5) is 13.2 Å². The van der Waals surface area contributed by atoms with E-state index in [0.29, 0.717) is 22.8 Å². The van der Waals surface area contributed by atoms with Crippen LogP contribution in [-0.2, 0) is 0 Å². The predicted molar refractivity (Wildman–Crippen MR) is 140 cm³/mol. The minimum Gasteiger partial charge on any atom is -0.488 e. The number of carbonyl (C=O) groups is 1. The number of rotatable bonds is 9. The van der Waals surface area contributed by atoms with Crippen molar-refractivity contribution in [2.75, 3.05) is 20.8 Å². The van der Waals surface area contributed by atoms with E-state index in [2.05, 4.69) is 9.97 Å². The number of benzene rings is 2. The minimum absolute atomic E-state index is 0.0304. The van der Waals surface area contributed by atoms with Gasteiger partial charge in [0.15, 0.2) is 23.2 Å². The molecule has 210 valence electrons. The molecule has 4 aromatic rings. The highest BCUT2D eigenvalue weighted by Crippen LogP contribution is 2.41. The van der Waals surface area contributed by atoms with Crippen molar-refractivity contribution in [1.29, 1.82) is 0 Å². The second-order valence-corrected chi connectivity index (χ2v) is 9.70. The number of aromatic nitrogens is 3. The summed E-state index contributed by atoms with van der Waals surface area (Å²) in [6.07, 6.45) is 4.70. The van der Waals surface area contributed by atoms with E-state index in [4.69, 9.17) is 14.2 Å². The standard InChI is InChI=1S/C29H28F3N3O5/c1-38-26-11-9-18(28(34-26)39-2)27-33-22-13-19(30)20(31)14-23(22)35(27)24(16-6-4-3-5-7-16)15-40-25-10-8-17(29(36)37)12-21(25)32/h8-14,16,24H,3-7,15H2,1-2H3,(H,36,37). The zero-order valence-corrected chi connectivity index (χ0v) is 22.0. The Morgan fingerprint density at radius 3 is 2.40 bits per heavy atom. The average Bonchev–Trinajstić information content (AvgIpc) is 3.31. The van der Waals surface area contributed by atoms with Gasteiger partial charge in [-0.2, -0.15) is 4.98 Å². The number of hydrogen-bond acceptors (Lipinski definition) is 6. The fraction of sp³-hybridized carbons (Fsp3) is 0.345. The molecule has 1 aliphatic rings. The second-order valence-electron chi connectivity index (χ2n) is 9.70. The highest BCUT2D eigenvalue weighted by molar-refractivity contribution is 5.87. The number of halogens is 3. The zero-order chi connectivity index (χ0) is 28.4. The molecule has 0 amide bonds. The number of pyridine rings is 1. The van der Waals surface area contributed by atoms with Gasteiger partial charge in [-0.15, -0.1) is 0 Å². The number of nitrogens with zero attached hydrogens (tertiary/aromatic N) is 3. The molecule has 0 saturated heterocycles. The van der Waals surface area contributed by atoms with Crippen LogP contribution in [0.3, 0.4) is 0 Å². The van der Waals surface area contributed by atoms with Crippen LogP contribution in [0.25, 0.3) is 22.4 Å². The van der Waals surface area contributed by atoms with Crippen molar-refractivity contribution < 1.29 is 37.3 Å². The molecule has 0 radical (unpaired) electrons. The quantitative estimate of drug-likeness (QED) is 0.254. The lowest BCUT2D eigenvalue weighted by Gasteiger charge is -2.33. The number of ether oxygens (including phenoxy) is 3. The van der Waals surface area contributed by atoms with Crippen molar-refractivity contribution in [3.05, 3.63) is 65.5 Å². The predicted octanol–water partition coefficient (Wildman–Crippen LogP) is 6.43. The smallest absolute Gasteiger partial charge is 0.335 e. The fourth-order valence-electron chi connectivity index (χ4n) is 5.35. The third kappa shape index (κ3) is 5.28. The molecular weight excluding hydrogens is 527 g/mol. The first-order valence-electron chi connectivity index (χ1n) is 12.9. The van der Waals surface area contributed by atoms with Gasteiger partial charge in [-0.05, 0) is 43.0 Å². The third-order valence-electron chi connectivity index (χ3n) is 7.32. The summed E-state index contributed by atoms with van der Waals surface area (Å²) in [5, 5.41) is 9.17. The zero-order valence-electron chi connectivity index (χ0n) is 22.0. The summed E-state index contributed by atoms with van der Waals surface area (Å²) >= 11 is 0. The van der Waals surface area contributed by atoms with E-state index in [1.54, 1.807) is 16.7 Å². The van der Waals surface area contributed by atoms with Crippen LogP contribution in [0, 0.1) is 23.4 Å². The summed E-state index contributed by atoms with van der Waals surface area (Å²) < 4.78 is 62.2. The molecule has 0 spiro atoms. The van der Waals surface area contributed by atoms with E-state index in [0.717, 1.165) is 50.3 Å². The molecule has 5 rings (SSSR count). The Morgan fingerprint density at radius 2 is 1.73 bits per heavy atom. The van der Waals surface area contributed by atoms with Crippen LogP contribution >= 0.6 is 0 Å². The van der Waals surface area contributed by atoms with Crippen molar-refractivity contribution in [1.82, 2.24) is 14.5 Å². The van der Waals surface area contributed by atoms with E-state index in [9.17, 15) is 23.1 Å². The summed E-state index contributed by atoms with van der Waals surface area (Å²) in [6, 6.07) is 8.45. The maximum Gasteiger partial charge on any atom is 0.335 e. The third-order valence-corrected chi connectivity index (χ3v) is 7.32. The molecule has 0 aliphatic heterocycles. The van der Waals surface area contributed by atoms with Gasteiger partial charge in [-0.1, -0.05) is 19.3 Å². The van der Waals surface area contributed by atoms with E-state index in [-0.39, 0.29) is 35.2 Å². The van der Waals surface area contributed by atoms with E-state index in [1.165, 1.54) is 26.4 Å². The van der Waals surface area contributed by atoms with Gasteiger partial charge >= 0.3 is 5.97 Å². The summed E-state index contributed by atoms with van der Waals surface area (Å²) in [4.78, 5) is 20.3. The molecule has 1 unspecified atom stereocenters. The molecule has 1 aliphatic carbocycles.